The Morgan fingerprint density at radius 3 is 2.75 bits per heavy atom. The van der Waals surface area contributed by atoms with Crippen molar-refractivity contribution in [3.05, 3.63) is 35.2 Å². The van der Waals surface area contributed by atoms with Crippen LogP contribution in [0.3, 0.4) is 0 Å². The predicted molar refractivity (Wildman–Crippen MR) is 77.3 cm³/mol. The van der Waals surface area contributed by atoms with Gasteiger partial charge in [0.05, 0.1) is 12.2 Å². The maximum Gasteiger partial charge on any atom is 0.136 e. The summed E-state index contributed by atoms with van der Waals surface area (Å²) in [6, 6.07) is 1.89. The van der Waals surface area contributed by atoms with E-state index in [1.54, 1.807) is 6.20 Å². The van der Waals surface area contributed by atoms with Gasteiger partial charge in [-0.05, 0) is 32.8 Å². The van der Waals surface area contributed by atoms with Gasteiger partial charge in [-0.3, -0.25) is 0 Å². The van der Waals surface area contributed by atoms with Gasteiger partial charge in [0.15, 0.2) is 0 Å². The molecular weight excluding hydrogens is 252 g/mol. The van der Waals surface area contributed by atoms with Crippen LogP contribution in [-0.4, -0.2) is 19.9 Å². The smallest absolute Gasteiger partial charge is 0.136 e. The highest BCUT2D eigenvalue weighted by Gasteiger charge is 2.27. The van der Waals surface area contributed by atoms with Gasteiger partial charge in [-0.2, -0.15) is 0 Å². The van der Waals surface area contributed by atoms with E-state index in [0.29, 0.717) is 18.3 Å². The maximum atomic E-state index is 5.96. The van der Waals surface area contributed by atoms with Crippen LogP contribution in [0.25, 0.3) is 0 Å². The second-order valence-corrected chi connectivity index (χ2v) is 5.16. The van der Waals surface area contributed by atoms with Crippen LogP contribution in [0.5, 0.6) is 0 Å². The Labute approximate surface area is 117 Å². The van der Waals surface area contributed by atoms with E-state index in [1.165, 1.54) is 0 Å². The van der Waals surface area contributed by atoms with Crippen LogP contribution < -0.4 is 11.1 Å². The fourth-order valence-electron chi connectivity index (χ4n) is 2.03. The second-order valence-electron chi connectivity index (χ2n) is 5.16. The molecule has 0 atom stereocenters. The SMILES string of the molecule is Cc1nccc(CNc2nc(C3CC3)nc(N)c2C)n1. The third-order valence-electron chi connectivity index (χ3n) is 3.41. The van der Waals surface area contributed by atoms with E-state index in [-0.39, 0.29) is 0 Å². The Bertz CT molecular complexity index is 636. The number of hydrogen-bond donors (Lipinski definition) is 2. The molecule has 20 heavy (non-hydrogen) atoms. The second kappa shape index (κ2) is 5.03. The number of aromatic nitrogens is 4. The molecule has 0 saturated heterocycles. The summed E-state index contributed by atoms with van der Waals surface area (Å²) in [4.78, 5) is 17.4. The molecule has 3 rings (SSSR count). The number of nitrogens with zero attached hydrogens (tertiary/aromatic N) is 4. The molecule has 1 saturated carbocycles. The fourth-order valence-corrected chi connectivity index (χ4v) is 2.03. The first-order valence-corrected chi connectivity index (χ1v) is 6.80. The van der Waals surface area contributed by atoms with Crippen molar-refractivity contribution in [1.29, 1.82) is 0 Å². The van der Waals surface area contributed by atoms with Gasteiger partial charge >= 0.3 is 0 Å². The maximum absolute atomic E-state index is 5.96. The molecule has 0 bridgehead atoms. The van der Waals surface area contributed by atoms with Gasteiger partial charge < -0.3 is 11.1 Å². The standard InChI is InChI=1S/C14H18N6/c1-8-12(15)19-14(10-3-4-10)20-13(8)17-7-11-5-6-16-9(2)18-11/h5-6,10H,3-4,7H2,1-2H3,(H3,15,17,19,20). The van der Waals surface area contributed by atoms with Crippen molar-refractivity contribution in [2.24, 2.45) is 0 Å². The van der Waals surface area contributed by atoms with E-state index in [2.05, 4.69) is 25.3 Å². The molecule has 0 aromatic carbocycles. The topological polar surface area (TPSA) is 89.6 Å². The molecule has 2 aromatic rings. The Morgan fingerprint density at radius 1 is 1.25 bits per heavy atom. The Hall–Kier alpha value is -2.24. The first-order chi connectivity index (χ1) is 9.63. The number of nitrogen functional groups attached to an aromatic ring is 1. The van der Waals surface area contributed by atoms with E-state index < -0.39 is 0 Å². The molecule has 3 N–H and O–H groups in total. The average Bonchev–Trinajstić information content (AvgIpc) is 3.25. The van der Waals surface area contributed by atoms with Crippen LogP contribution in [0.1, 0.15) is 41.7 Å². The Balaban J connectivity index is 1.79. The van der Waals surface area contributed by atoms with Crippen molar-refractivity contribution in [3.63, 3.8) is 0 Å². The summed E-state index contributed by atoms with van der Waals surface area (Å²) < 4.78 is 0. The zero-order valence-electron chi connectivity index (χ0n) is 11.7. The zero-order valence-corrected chi connectivity index (χ0v) is 11.7. The van der Waals surface area contributed by atoms with Gasteiger partial charge in [0.1, 0.15) is 23.3 Å². The van der Waals surface area contributed by atoms with E-state index in [0.717, 1.165) is 41.6 Å². The molecule has 0 radical (unpaired) electrons. The minimum absolute atomic E-state index is 0.486. The normalized spacial score (nSPS) is 14.3. The first kappa shape index (κ1) is 12.8. The van der Waals surface area contributed by atoms with Crippen LogP contribution in [0.4, 0.5) is 11.6 Å². The highest BCUT2D eigenvalue weighted by Crippen LogP contribution is 2.39. The van der Waals surface area contributed by atoms with Gasteiger partial charge in [0, 0.05) is 17.7 Å². The summed E-state index contributed by atoms with van der Waals surface area (Å²) in [5, 5.41) is 3.30. The summed E-state index contributed by atoms with van der Waals surface area (Å²) in [7, 11) is 0. The molecule has 0 aliphatic heterocycles. The lowest BCUT2D eigenvalue weighted by Crippen LogP contribution is -2.10. The minimum atomic E-state index is 0.486. The summed E-state index contributed by atoms with van der Waals surface area (Å²) in [6.07, 6.45) is 4.08. The lowest BCUT2D eigenvalue weighted by molar-refractivity contribution is 0.904. The third-order valence-corrected chi connectivity index (χ3v) is 3.41. The van der Waals surface area contributed by atoms with Crippen molar-refractivity contribution in [1.82, 2.24) is 19.9 Å². The van der Waals surface area contributed by atoms with E-state index in [4.69, 9.17) is 5.73 Å². The van der Waals surface area contributed by atoms with Crippen molar-refractivity contribution in [2.45, 2.75) is 39.2 Å². The van der Waals surface area contributed by atoms with Crippen molar-refractivity contribution in [2.75, 3.05) is 11.1 Å². The van der Waals surface area contributed by atoms with Gasteiger partial charge in [-0.15, -0.1) is 0 Å². The summed E-state index contributed by atoms with van der Waals surface area (Å²) in [6.45, 7) is 4.41. The Morgan fingerprint density at radius 2 is 2.05 bits per heavy atom. The van der Waals surface area contributed by atoms with Crippen LogP contribution in [0, 0.1) is 13.8 Å². The summed E-state index contributed by atoms with van der Waals surface area (Å²) in [5.74, 6) is 3.47. The highest BCUT2D eigenvalue weighted by atomic mass is 15.1. The lowest BCUT2D eigenvalue weighted by Gasteiger charge is -2.11. The van der Waals surface area contributed by atoms with E-state index in [9.17, 15) is 0 Å². The van der Waals surface area contributed by atoms with Crippen LogP contribution in [0.2, 0.25) is 0 Å². The fraction of sp³-hybridized carbons (Fsp3) is 0.429. The first-order valence-electron chi connectivity index (χ1n) is 6.80. The van der Waals surface area contributed by atoms with Gasteiger partial charge in [0.2, 0.25) is 0 Å². The van der Waals surface area contributed by atoms with E-state index >= 15 is 0 Å². The number of rotatable bonds is 4. The summed E-state index contributed by atoms with van der Waals surface area (Å²) in [5.41, 5.74) is 7.78. The lowest BCUT2D eigenvalue weighted by atomic mass is 10.2. The minimum Gasteiger partial charge on any atom is -0.383 e. The van der Waals surface area contributed by atoms with Crippen LogP contribution >= 0.6 is 0 Å². The number of anilines is 2. The van der Waals surface area contributed by atoms with Gasteiger partial charge in [-0.1, -0.05) is 0 Å². The van der Waals surface area contributed by atoms with Crippen LogP contribution in [0.15, 0.2) is 12.3 Å². The Kier molecular flexibility index (Phi) is 3.22. The quantitative estimate of drug-likeness (QED) is 0.882. The van der Waals surface area contributed by atoms with Crippen molar-refractivity contribution >= 4 is 11.6 Å². The highest BCUT2D eigenvalue weighted by molar-refractivity contribution is 5.55. The molecule has 2 heterocycles. The molecule has 1 fully saturated rings. The van der Waals surface area contributed by atoms with E-state index in [1.807, 2.05) is 19.9 Å². The molecule has 6 nitrogen and oxygen atoms in total. The van der Waals surface area contributed by atoms with Crippen LogP contribution in [-0.2, 0) is 6.54 Å². The molecule has 104 valence electrons. The monoisotopic (exact) mass is 270 g/mol. The number of nitrogens with two attached hydrogens (primary N) is 1. The molecule has 6 heteroatoms. The summed E-state index contributed by atoms with van der Waals surface area (Å²) >= 11 is 0. The number of nitrogens with one attached hydrogen (secondary N) is 1. The molecular formula is C14H18N6. The molecule has 1 aliphatic carbocycles. The molecule has 1 aliphatic rings. The molecule has 0 spiro atoms. The largest absolute Gasteiger partial charge is 0.383 e. The molecule has 2 aromatic heterocycles. The average molecular weight is 270 g/mol. The van der Waals surface area contributed by atoms with Gasteiger partial charge in [0.25, 0.3) is 0 Å². The molecule has 0 amide bonds. The van der Waals surface area contributed by atoms with Crippen molar-refractivity contribution < 1.29 is 0 Å². The van der Waals surface area contributed by atoms with Crippen molar-refractivity contribution in [3.8, 4) is 0 Å². The number of hydrogen-bond acceptors (Lipinski definition) is 6. The number of aryl methyl sites for hydroxylation is 1. The predicted octanol–water partition coefficient (Wildman–Crippen LogP) is 1.96. The van der Waals surface area contributed by atoms with Gasteiger partial charge in [-0.25, -0.2) is 19.9 Å². The third kappa shape index (κ3) is 2.68. The molecule has 0 unspecified atom stereocenters. The zero-order chi connectivity index (χ0) is 14.1.